The molecule has 0 N–H and O–H groups in total. The van der Waals surface area contributed by atoms with Crippen molar-refractivity contribution in [2.24, 2.45) is 0 Å². The van der Waals surface area contributed by atoms with Crippen molar-refractivity contribution in [3.05, 3.63) is 124 Å². The number of para-hydroxylation sites is 2. The number of benzene rings is 3. The molecule has 0 bridgehead atoms. The van der Waals surface area contributed by atoms with Crippen molar-refractivity contribution >= 4 is 38.5 Å². The van der Waals surface area contributed by atoms with Crippen LogP contribution in [-0.2, 0) is 16.4 Å². The average Bonchev–Trinajstić information content (AvgIpc) is 2.84. The molecule has 3 aromatic carbocycles. The summed E-state index contributed by atoms with van der Waals surface area (Å²) in [5.74, 6) is 0.335. The van der Waals surface area contributed by atoms with Gasteiger partial charge in [0.15, 0.2) is 5.52 Å². The maximum absolute atomic E-state index is 13.1. The predicted molar refractivity (Wildman–Crippen MR) is 132 cm³/mol. The molecule has 0 radical (unpaired) electrons. The van der Waals surface area contributed by atoms with Gasteiger partial charge in [-0.2, -0.15) is 0 Å². The number of hydrogen-bond donors (Lipinski definition) is 0. The van der Waals surface area contributed by atoms with E-state index in [0.717, 1.165) is 12.0 Å². The van der Waals surface area contributed by atoms with Crippen molar-refractivity contribution in [3.63, 3.8) is 0 Å². The second-order valence-corrected chi connectivity index (χ2v) is 9.70. The van der Waals surface area contributed by atoms with Crippen molar-refractivity contribution in [1.29, 1.82) is 0 Å². The summed E-state index contributed by atoms with van der Waals surface area (Å²) in [6.07, 6.45) is 4.44. The second kappa shape index (κ2) is 9.21. The summed E-state index contributed by atoms with van der Waals surface area (Å²) < 4.78 is 31.9. The number of pyridine rings is 1. The summed E-state index contributed by atoms with van der Waals surface area (Å²) in [5, 5.41) is 0.441. The molecule has 0 fully saturated rings. The van der Waals surface area contributed by atoms with E-state index < -0.39 is 10.0 Å². The third kappa shape index (κ3) is 4.76. The van der Waals surface area contributed by atoms with Crippen LogP contribution in [0.25, 0.3) is 21.6 Å². The van der Waals surface area contributed by atoms with Crippen LogP contribution in [0.5, 0.6) is 0 Å². The van der Waals surface area contributed by atoms with Crippen molar-refractivity contribution in [3.8, 4) is 5.82 Å². The van der Waals surface area contributed by atoms with Crippen molar-refractivity contribution < 1.29 is 13.0 Å². The van der Waals surface area contributed by atoms with Crippen molar-refractivity contribution in [2.75, 3.05) is 0 Å². The molecule has 0 aliphatic heterocycles. The van der Waals surface area contributed by atoms with Crippen LogP contribution in [0.4, 0.5) is 5.82 Å². The van der Waals surface area contributed by atoms with E-state index in [1.54, 1.807) is 16.8 Å². The minimum absolute atomic E-state index is 0.00973. The van der Waals surface area contributed by atoms with Crippen LogP contribution in [0.1, 0.15) is 11.1 Å². The molecule has 0 atom stereocenters. The number of fused-ring (bicyclic) bond motifs is 1. The van der Waals surface area contributed by atoms with Gasteiger partial charge in [0, 0.05) is 22.8 Å². The first kappa shape index (κ1) is 22.0. The first-order valence-electron chi connectivity index (χ1n) is 10.5. The van der Waals surface area contributed by atoms with Gasteiger partial charge in [0.05, 0.1) is 17.3 Å². The van der Waals surface area contributed by atoms with Crippen LogP contribution in [0.3, 0.4) is 0 Å². The van der Waals surface area contributed by atoms with Crippen LogP contribution >= 0.6 is 11.6 Å². The van der Waals surface area contributed by atoms with Gasteiger partial charge in [0.25, 0.3) is 0 Å². The van der Waals surface area contributed by atoms with Gasteiger partial charge in [-0.05, 0) is 52.5 Å². The first-order valence-corrected chi connectivity index (χ1v) is 12.3. The monoisotopic (exact) mass is 486 g/mol. The van der Waals surface area contributed by atoms with Gasteiger partial charge in [-0.25, -0.2) is 13.0 Å². The molecule has 0 saturated heterocycles. The SMILES string of the molecule is O=S(=O)([N-]c1nc2ccccc2nc1-[n+]1cccc(Cc2ccccc2)c1)c1ccc(Cl)cc1. The Labute approximate surface area is 202 Å². The Morgan fingerprint density at radius 3 is 2.15 bits per heavy atom. The van der Waals surface area contributed by atoms with E-state index in [0.29, 0.717) is 21.9 Å². The molecule has 0 amide bonds. The second-order valence-electron chi connectivity index (χ2n) is 7.66. The average molecular weight is 487 g/mol. The van der Waals surface area contributed by atoms with E-state index in [2.05, 4.69) is 21.8 Å². The van der Waals surface area contributed by atoms with Crippen LogP contribution in [0, 0.1) is 0 Å². The van der Waals surface area contributed by atoms with Gasteiger partial charge < -0.3 is 9.71 Å². The lowest BCUT2D eigenvalue weighted by Gasteiger charge is -2.16. The van der Waals surface area contributed by atoms with E-state index in [1.165, 1.54) is 29.8 Å². The van der Waals surface area contributed by atoms with Crippen molar-refractivity contribution in [1.82, 2.24) is 9.97 Å². The molecule has 34 heavy (non-hydrogen) atoms. The van der Waals surface area contributed by atoms with Gasteiger partial charge in [-0.1, -0.05) is 66.2 Å². The maximum atomic E-state index is 13.1. The lowest BCUT2D eigenvalue weighted by molar-refractivity contribution is -0.599. The normalized spacial score (nSPS) is 11.4. The topological polar surface area (TPSA) is 77.9 Å². The lowest BCUT2D eigenvalue weighted by atomic mass is 10.1. The Morgan fingerprint density at radius 2 is 1.41 bits per heavy atom. The third-order valence-corrected chi connectivity index (χ3v) is 6.74. The maximum Gasteiger partial charge on any atom is 0.327 e. The molecular formula is C26H19ClN4O2S. The Bertz CT molecular complexity index is 1570. The first-order chi connectivity index (χ1) is 16.5. The minimum atomic E-state index is -4.04. The third-order valence-electron chi connectivity index (χ3n) is 5.21. The fourth-order valence-corrected chi connectivity index (χ4v) is 4.64. The molecule has 8 heteroatoms. The summed E-state index contributed by atoms with van der Waals surface area (Å²) in [6.45, 7) is 0. The molecule has 0 unspecified atom stereocenters. The predicted octanol–water partition coefficient (Wildman–Crippen LogP) is 5.54. The lowest BCUT2D eigenvalue weighted by Crippen LogP contribution is -2.32. The zero-order valence-electron chi connectivity index (χ0n) is 17.9. The highest BCUT2D eigenvalue weighted by molar-refractivity contribution is 7.94. The molecule has 6 nitrogen and oxygen atoms in total. The van der Waals surface area contributed by atoms with E-state index in [-0.39, 0.29) is 10.7 Å². The smallest absolute Gasteiger partial charge is 0.327 e. The number of aromatic nitrogens is 3. The zero-order valence-corrected chi connectivity index (χ0v) is 19.5. The van der Waals surface area contributed by atoms with Crippen LogP contribution in [-0.4, -0.2) is 18.4 Å². The van der Waals surface area contributed by atoms with Crippen LogP contribution < -0.4 is 4.57 Å². The Balaban J connectivity index is 1.59. The largest absolute Gasteiger partial charge is 0.425 e. The van der Waals surface area contributed by atoms with Gasteiger partial charge in [-0.3, -0.25) is 0 Å². The fourth-order valence-electron chi connectivity index (χ4n) is 3.58. The van der Waals surface area contributed by atoms with Gasteiger partial charge >= 0.3 is 5.82 Å². The van der Waals surface area contributed by atoms with E-state index >= 15 is 0 Å². The van der Waals surface area contributed by atoms with Crippen LogP contribution in [0.2, 0.25) is 5.02 Å². The highest BCUT2D eigenvalue weighted by Gasteiger charge is 2.18. The molecule has 2 aromatic heterocycles. The molecule has 0 saturated carbocycles. The molecule has 5 rings (SSSR count). The van der Waals surface area contributed by atoms with Crippen molar-refractivity contribution in [2.45, 2.75) is 11.3 Å². The van der Waals surface area contributed by atoms with Gasteiger partial charge in [0.2, 0.25) is 10.0 Å². The highest BCUT2D eigenvalue weighted by atomic mass is 35.5. The Morgan fingerprint density at radius 1 is 0.765 bits per heavy atom. The molecule has 0 spiro atoms. The molecule has 168 valence electrons. The number of rotatable bonds is 6. The summed E-state index contributed by atoms with van der Waals surface area (Å²) in [5.41, 5.74) is 3.40. The molecule has 2 heterocycles. The van der Waals surface area contributed by atoms with Crippen LogP contribution in [0.15, 0.2) is 108 Å². The summed E-state index contributed by atoms with van der Waals surface area (Å²) in [7, 11) is -4.04. The van der Waals surface area contributed by atoms with E-state index in [9.17, 15) is 8.42 Å². The van der Waals surface area contributed by atoms with E-state index in [1.807, 2.05) is 54.7 Å². The molecule has 0 aliphatic rings. The van der Waals surface area contributed by atoms with Gasteiger partial charge in [0.1, 0.15) is 0 Å². The molecule has 0 aliphatic carbocycles. The summed E-state index contributed by atoms with van der Waals surface area (Å²) in [6, 6.07) is 27.2. The number of hydrogen-bond acceptors (Lipinski definition) is 4. The summed E-state index contributed by atoms with van der Waals surface area (Å²) >= 11 is 5.91. The Kier molecular flexibility index (Phi) is 5.96. The molecule has 5 aromatic rings. The van der Waals surface area contributed by atoms with E-state index in [4.69, 9.17) is 16.6 Å². The summed E-state index contributed by atoms with van der Waals surface area (Å²) in [4.78, 5) is 9.27. The number of nitrogens with zero attached hydrogens (tertiary/aromatic N) is 4. The zero-order chi connectivity index (χ0) is 23.5. The molecular weight excluding hydrogens is 468 g/mol. The standard InChI is InChI=1S/C26H19ClN4O2S/c27-21-12-14-22(15-13-21)34(32,33)30-25-26(29-24-11-5-4-10-23(24)28-25)31-16-6-9-20(18-31)17-19-7-2-1-3-8-19/h1-16,18H,17H2. The Hall–Kier alpha value is -3.81. The minimum Gasteiger partial charge on any atom is -0.425 e. The van der Waals surface area contributed by atoms with Gasteiger partial charge in [-0.15, -0.1) is 0 Å². The fraction of sp³-hybridized carbons (Fsp3) is 0.0385. The highest BCUT2D eigenvalue weighted by Crippen LogP contribution is 2.30. The number of sulfonamides is 1. The quantitative estimate of drug-likeness (QED) is 0.295. The number of halogens is 1.